The molecule has 1 aromatic carbocycles. The zero-order valence-electron chi connectivity index (χ0n) is 21.8. The summed E-state index contributed by atoms with van der Waals surface area (Å²) in [6.07, 6.45) is 0.668. The van der Waals surface area contributed by atoms with Gasteiger partial charge >= 0.3 is 23.9 Å². The van der Waals surface area contributed by atoms with Crippen molar-refractivity contribution in [2.75, 3.05) is 0 Å². The number of aromatic amines is 2. The molecule has 4 aromatic rings. The maximum absolute atomic E-state index is 12.6. The minimum absolute atomic E-state index is 0.0129. The minimum atomic E-state index is -1.43. The second-order valence-electron chi connectivity index (χ2n) is 9.85. The maximum atomic E-state index is 12.6. The maximum Gasteiger partial charge on any atom is 0.339 e. The molecule has 0 saturated carbocycles. The number of rotatable bonds is 5. The van der Waals surface area contributed by atoms with Crippen LogP contribution in [0.15, 0.2) is 48.5 Å². The van der Waals surface area contributed by atoms with E-state index < -0.39 is 23.9 Å². The zero-order valence-corrected chi connectivity index (χ0v) is 21.8. The normalized spacial score (nSPS) is 12.7. The van der Waals surface area contributed by atoms with Crippen LogP contribution in [-0.2, 0) is 25.7 Å². The summed E-state index contributed by atoms with van der Waals surface area (Å²) >= 11 is 0. The van der Waals surface area contributed by atoms with E-state index >= 15 is 0 Å². The van der Waals surface area contributed by atoms with Gasteiger partial charge in [-0.3, -0.25) is 9.97 Å². The van der Waals surface area contributed by atoms with Gasteiger partial charge in [0.25, 0.3) is 0 Å². The molecule has 210 valence electrons. The summed E-state index contributed by atoms with van der Waals surface area (Å²) in [7, 11) is 0. The van der Waals surface area contributed by atoms with Gasteiger partial charge in [0.1, 0.15) is 16.7 Å². The average molecular weight is 567 g/mol. The van der Waals surface area contributed by atoms with Crippen molar-refractivity contribution >= 4 is 45.9 Å². The lowest BCUT2D eigenvalue weighted by Crippen LogP contribution is -2.05. The fraction of sp³-hybridized carbons (Fsp3) is 0.133. The van der Waals surface area contributed by atoms with E-state index in [4.69, 9.17) is 0 Å². The summed E-state index contributed by atoms with van der Waals surface area (Å²) in [6, 6.07) is 13.2. The van der Waals surface area contributed by atoms with E-state index in [0.29, 0.717) is 23.2 Å². The fourth-order valence-electron chi connectivity index (χ4n) is 5.63. The Bertz CT molecular complexity index is 2010. The highest BCUT2D eigenvalue weighted by molar-refractivity contribution is 6.08. The van der Waals surface area contributed by atoms with Crippen LogP contribution in [0.3, 0.4) is 0 Å². The van der Waals surface area contributed by atoms with Gasteiger partial charge in [0, 0.05) is 11.1 Å². The number of carboxylic acids is 4. The van der Waals surface area contributed by atoms with Crippen molar-refractivity contribution < 1.29 is 39.6 Å². The molecule has 0 saturated heterocycles. The molecule has 0 atom stereocenters. The Hall–Kier alpha value is -5.78. The lowest BCUT2D eigenvalue weighted by molar-refractivity contribution is 0.0683. The smallest absolute Gasteiger partial charge is 0.339 e. The first-order chi connectivity index (χ1) is 20.1. The summed E-state index contributed by atoms with van der Waals surface area (Å²) in [6.45, 7) is 0. The summed E-state index contributed by atoms with van der Waals surface area (Å²) in [5, 5.41) is 40.6. The number of carbonyl (C=O) groups is 4. The number of carboxylic acid groups (broad SMARTS) is 4. The van der Waals surface area contributed by atoms with E-state index in [1.165, 1.54) is 18.2 Å². The Balaban J connectivity index is 1.90. The number of benzene rings is 1. The molecule has 0 aliphatic carbocycles. The highest BCUT2D eigenvalue weighted by Crippen LogP contribution is 2.33. The zero-order chi connectivity index (χ0) is 29.7. The van der Waals surface area contributed by atoms with Crippen LogP contribution in [0.5, 0.6) is 0 Å². The van der Waals surface area contributed by atoms with Gasteiger partial charge in [-0.2, -0.15) is 0 Å². The van der Waals surface area contributed by atoms with Gasteiger partial charge < -0.3 is 30.4 Å². The van der Waals surface area contributed by atoms with Crippen LogP contribution < -0.4 is 0 Å². The van der Waals surface area contributed by atoms with E-state index in [2.05, 4.69) is 19.9 Å². The molecular weight excluding hydrogens is 544 g/mol. The summed E-state index contributed by atoms with van der Waals surface area (Å²) in [5.74, 6) is -5.41. The van der Waals surface area contributed by atoms with Crippen molar-refractivity contribution in [2.24, 2.45) is 0 Å². The van der Waals surface area contributed by atoms with E-state index in [9.17, 15) is 39.6 Å². The summed E-state index contributed by atoms with van der Waals surface area (Å²) in [4.78, 5) is 64.7. The topological polar surface area (TPSA) is 207 Å². The number of hydrogen-bond acceptors (Lipinski definition) is 6. The first kappa shape index (κ1) is 26.4. The van der Waals surface area contributed by atoms with E-state index in [1.807, 2.05) is 0 Å². The van der Waals surface area contributed by atoms with Gasteiger partial charge in [-0.25, -0.2) is 19.2 Å². The first-order valence-electron chi connectivity index (χ1n) is 12.9. The van der Waals surface area contributed by atoms with Gasteiger partial charge in [-0.15, -0.1) is 0 Å². The quantitative estimate of drug-likeness (QED) is 0.201. The van der Waals surface area contributed by atoms with Crippen molar-refractivity contribution in [3.05, 3.63) is 93.6 Å². The van der Waals surface area contributed by atoms with Crippen molar-refractivity contribution in [1.29, 1.82) is 0 Å². The molecule has 0 radical (unpaired) electrons. The van der Waals surface area contributed by atoms with Crippen LogP contribution in [0.1, 0.15) is 64.2 Å². The van der Waals surface area contributed by atoms with Crippen LogP contribution in [0.2, 0.25) is 0 Å². The Morgan fingerprint density at radius 3 is 1.60 bits per heavy atom. The van der Waals surface area contributed by atoms with Crippen LogP contribution in [0.25, 0.3) is 33.2 Å². The molecule has 0 fully saturated rings. The number of aryl methyl sites for hydroxylation is 4. The fourth-order valence-corrected chi connectivity index (χ4v) is 5.63. The van der Waals surface area contributed by atoms with Crippen molar-refractivity contribution in [2.45, 2.75) is 25.7 Å². The number of nitrogens with zero attached hydrogens (tertiary/aromatic N) is 2. The molecule has 2 aliphatic heterocycles. The summed E-state index contributed by atoms with van der Waals surface area (Å²) in [5.41, 5.74) is 1.23. The largest absolute Gasteiger partial charge is 0.478 e. The predicted octanol–water partition coefficient (Wildman–Crippen LogP) is 4.35. The van der Waals surface area contributed by atoms with Crippen molar-refractivity contribution in [3.63, 3.8) is 0 Å². The van der Waals surface area contributed by atoms with Crippen LogP contribution in [0, 0.1) is 0 Å². The number of aromatic nitrogens is 4. The average Bonchev–Trinajstić information content (AvgIpc) is 3.74. The number of hydrogen-bond donors (Lipinski definition) is 6. The lowest BCUT2D eigenvalue weighted by atomic mass is 10.0. The second-order valence-corrected chi connectivity index (χ2v) is 9.85. The molecule has 2 aliphatic rings. The standard InChI is InChI=1S/C30H22N4O8/c35-27(36)14-12-21-22(13-4-2-1-3-5-13)15-6-7-16(31-15)23(28(37)38)17-8-9-18(32-17)24(29(39)40)19-10-11-20(33-19)25(30(41)42)26(14)34-21/h1-5,8-9,12,32,34H,6-7,10-11H2,(H,35,36)(H,37,38)(H,39,40)(H,41,42). The molecular formula is C30H22N4O8. The van der Waals surface area contributed by atoms with Crippen molar-refractivity contribution in [3.8, 4) is 11.1 Å². The lowest BCUT2D eigenvalue weighted by Gasteiger charge is -2.04. The number of nitrogens with one attached hydrogen (secondary N) is 2. The number of aromatic carboxylic acids is 4. The van der Waals surface area contributed by atoms with Gasteiger partial charge in [0.15, 0.2) is 0 Å². The van der Waals surface area contributed by atoms with E-state index in [-0.39, 0.29) is 80.7 Å². The Kier molecular flexibility index (Phi) is 6.30. The number of fused-ring (bicyclic) bond motifs is 8. The van der Waals surface area contributed by atoms with Crippen molar-refractivity contribution in [1.82, 2.24) is 19.9 Å². The first-order valence-corrected chi connectivity index (χ1v) is 12.9. The molecule has 3 aromatic heterocycles. The highest BCUT2D eigenvalue weighted by Gasteiger charge is 2.27. The third kappa shape index (κ3) is 4.35. The number of H-pyrrole nitrogens is 2. The van der Waals surface area contributed by atoms with Gasteiger partial charge in [0.05, 0.1) is 44.9 Å². The highest BCUT2D eigenvalue weighted by atomic mass is 16.4. The molecule has 0 amide bonds. The molecule has 12 heteroatoms. The molecule has 12 nitrogen and oxygen atoms in total. The van der Waals surface area contributed by atoms with E-state index in [0.717, 1.165) is 0 Å². The SMILES string of the molecule is O=C(O)c1c2nc(c(-c3ccccc3)c3cc(C(=O)O)c([nH]3)c(C(=O)O)c3nc(c(C(=O)O)c4ccc1[nH]4)CC3)CC2. The molecule has 6 N–H and O–H groups in total. The van der Waals surface area contributed by atoms with Crippen LogP contribution in [-0.4, -0.2) is 64.2 Å². The Labute approximate surface area is 236 Å². The van der Waals surface area contributed by atoms with Gasteiger partial charge in [0.2, 0.25) is 0 Å². The molecule has 5 heterocycles. The van der Waals surface area contributed by atoms with Crippen LogP contribution in [0.4, 0.5) is 0 Å². The molecule has 42 heavy (non-hydrogen) atoms. The van der Waals surface area contributed by atoms with Gasteiger partial charge in [-0.1, -0.05) is 30.3 Å². The minimum Gasteiger partial charge on any atom is -0.478 e. The van der Waals surface area contributed by atoms with E-state index in [1.54, 1.807) is 30.3 Å². The third-order valence-electron chi connectivity index (χ3n) is 7.39. The Morgan fingerprint density at radius 1 is 0.571 bits per heavy atom. The molecule has 0 unspecified atom stereocenters. The molecule has 8 bridgehead atoms. The van der Waals surface area contributed by atoms with Gasteiger partial charge in [-0.05, 0) is 49.4 Å². The Morgan fingerprint density at radius 2 is 1.07 bits per heavy atom. The van der Waals surface area contributed by atoms with Crippen LogP contribution >= 0.6 is 0 Å². The third-order valence-corrected chi connectivity index (χ3v) is 7.39. The second kappa shape index (κ2) is 10.0. The molecule has 0 spiro atoms. The monoisotopic (exact) mass is 566 g/mol. The molecule has 6 rings (SSSR count). The predicted molar refractivity (Wildman–Crippen MR) is 149 cm³/mol. The summed E-state index contributed by atoms with van der Waals surface area (Å²) < 4.78 is 0.